The van der Waals surface area contributed by atoms with Gasteiger partial charge in [-0.15, -0.1) is 0 Å². The second-order valence-electron chi connectivity index (χ2n) is 7.14. The molecule has 0 unspecified atom stereocenters. The molecule has 154 valence electrons. The molecule has 0 bridgehead atoms. The van der Waals surface area contributed by atoms with Crippen LogP contribution in [0.2, 0.25) is 0 Å². The molecule has 1 aromatic carbocycles. The van der Waals surface area contributed by atoms with Crippen molar-refractivity contribution in [3.8, 4) is 5.75 Å². The average molecular weight is 406 g/mol. The van der Waals surface area contributed by atoms with Crippen molar-refractivity contribution in [3.63, 3.8) is 0 Å². The predicted molar refractivity (Wildman–Crippen MR) is 112 cm³/mol. The standard InChI is InChI=1S/C22H22N4O4/c1-30-19-14-17(25-11-3-2-4-12-25)6-5-15(19)13-18-20(27)24-22(29)26(21(18)28)16-7-9-23-10-8-16/h5-10,13-14H,2-4,11-12H2,1H3,(H,24,27,29)/b18-13+. The van der Waals surface area contributed by atoms with Gasteiger partial charge in [-0.3, -0.25) is 19.9 Å². The first-order valence-corrected chi connectivity index (χ1v) is 9.83. The van der Waals surface area contributed by atoms with E-state index in [0.717, 1.165) is 36.5 Å². The fourth-order valence-electron chi connectivity index (χ4n) is 3.71. The molecular weight excluding hydrogens is 384 g/mol. The number of amides is 4. The van der Waals surface area contributed by atoms with Crippen molar-refractivity contribution in [2.24, 2.45) is 0 Å². The van der Waals surface area contributed by atoms with E-state index >= 15 is 0 Å². The Labute approximate surface area is 174 Å². The number of ether oxygens (including phenoxy) is 1. The molecule has 0 radical (unpaired) electrons. The highest BCUT2D eigenvalue weighted by atomic mass is 16.5. The van der Waals surface area contributed by atoms with Crippen LogP contribution in [0.15, 0.2) is 48.3 Å². The topological polar surface area (TPSA) is 91.8 Å². The summed E-state index contributed by atoms with van der Waals surface area (Å²) in [6.07, 6.45) is 7.94. The van der Waals surface area contributed by atoms with E-state index in [2.05, 4.69) is 15.2 Å². The molecule has 0 saturated carbocycles. The van der Waals surface area contributed by atoms with Crippen molar-refractivity contribution in [1.82, 2.24) is 10.3 Å². The van der Waals surface area contributed by atoms with Crippen LogP contribution in [-0.4, -0.2) is 43.0 Å². The van der Waals surface area contributed by atoms with Crippen LogP contribution in [0.3, 0.4) is 0 Å². The zero-order valence-electron chi connectivity index (χ0n) is 16.6. The highest BCUT2D eigenvalue weighted by molar-refractivity contribution is 6.39. The van der Waals surface area contributed by atoms with E-state index in [-0.39, 0.29) is 5.57 Å². The lowest BCUT2D eigenvalue weighted by Crippen LogP contribution is -2.54. The Bertz CT molecular complexity index is 1010. The molecule has 0 spiro atoms. The summed E-state index contributed by atoms with van der Waals surface area (Å²) < 4.78 is 5.52. The van der Waals surface area contributed by atoms with Crippen molar-refractivity contribution < 1.29 is 19.1 Å². The number of barbiturate groups is 1. The molecule has 2 aliphatic heterocycles. The number of carbonyl (C=O) groups excluding carboxylic acids is 3. The molecule has 1 aromatic heterocycles. The van der Waals surface area contributed by atoms with Gasteiger partial charge in [0.25, 0.3) is 11.8 Å². The lowest BCUT2D eigenvalue weighted by Gasteiger charge is -2.29. The SMILES string of the molecule is COc1cc(N2CCCCC2)ccc1/C=C1\C(=O)NC(=O)N(c2ccncc2)C1=O. The van der Waals surface area contributed by atoms with Gasteiger partial charge >= 0.3 is 6.03 Å². The Kier molecular flexibility index (Phi) is 5.47. The maximum absolute atomic E-state index is 13.0. The number of anilines is 2. The van der Waals surface area contributed by atoms with Crippen molar-refractivity contribution >= 4 is 35.3 Å². The normalized spacial score (nSPS) is 18.6. The minimum atomic E-state index is -0.791. The Morgan fingerprint density at radius 3 is 2.43 bits per heavy atom. The summed E-state index contributed by atoms with van der Waals surface area (Å²) in [6.45, 7) is 1.99. The number of nitrogens with one attached hydrogen (secondary N) is 1. The highest BCUT2D eigenvalue weighted by Gasteiger charge is 2.37. The van der Waals surface area contributed by atoms with Gasteiger partial charge in [0, 0.05) is 42.8 Å². The van der Waals surface area contributed by atoms with Gasteiger partial charge in [0.05, 0.1) is 12.8 Å². The Balaban J connectivity index is 1.68. The van der Waals surface area contributed by atoms with E-state index in [4.69, 9.17) is 4.74 Å². The summed E-state index contributed by atoms with van der Waals surface area (Å²) in [4.78, 5) is 44.7. The zero-order chi connectivity index (χ0) is 21.1. The van der Waals surface area contributed by atoms with Crippen LogP contribution in [0, 0.1) is 0 Å². The Morgan fingerprint density at radius 2 is 1.73 bits per heavy atom. The van der Waals surface area contributed by atoms with E-state index in [1.807, 2.05) is 18.2 Å². The minimum absolute atomic E-state index is 0.143. The first-order valence-electron chi connectivity index (χ1n) is 9.83. The summed E-state index contributed by atoms with van der Waals surface area (Å²) in [5, 5.41) is 2.22. The molecule has 30 heavy (non-hydrogen) atoms. The quantitative estimate of drug-likeness (QED) is 0.620. The summed E-state index contributed by atoms with van der Waals surface area (Å²) in [5.74, 6) is -0.881. The number of hydrogen-bond donors (Lipinski definition) is 1. The van der Waals surface area contributed by atoms with Gasteiger partial charge < -0.3 is 9.64 Å². The number of urea groups is 1. The number of methoxy groups -OCH3 is 1. The second kappa shape index (κ2) is 8.36. The number of rotatable bonds is 4. The number of benzene rings is 1. The summed E-state index contributed by atoms with van der Waals surface area (Å²) >= 11 is 0. The highest BCUT2D eigenvalue weighted by Crippen LogP contribution is 2.30. The van der Waals surface area contributed by atoms with E-state index in [1.165, 1.54) is 37.0 Å². The molecule has 2 fully saturated rings. The zero-order valence-corrected chi connectivity index (χ0v) is 16.6. The number of hydrogen-bond acceptors (Lipinski definition) is 6. The molecule has 8 nitrogen and oxygen atoms in total. The largest absolute Gasteiger partial charge is 0.496 e. The smallest absolute Gasteiger partial charge is 0.335 e. The lowest BCUT2D eigenvalue weighted by atomic mass is 10.0. The summed E-state index contributed by atoms with van der Waals surface area (Å²) in [7, 11) is 1.55. The van der Waals surface area contributed by atoms with Crippen LogP contribution in [0.1, 0.15) is 24.8 Å². The molecule has 0 aliphatic carbocycles. The lowest BCUT2D eigenvalue weighted by molar-refractivity contribution is -0.122. The first-order chi connectivity index (χ1) is 14.6. The molecule has 3 heterocycles. The fourth-order valence-corrected chi connectivity index (χ4v) is 3.71. The molecule has 1 N–H and O–H groups in total. The number of pyridine rings is 1. The van der Waals surface area contributed by atoms with Gasteiger partial charge in [0.15, 0.2) is 0 Å². The Morgan fingerprint density at radius 1 is 1.00 bits per heavy atom. The van der Waals surface area contributed by atoms with Crippen LogP contribution in [0.4, 0.5) is 16.2 Å². The van der Waals surface area contributed by atoms with E-state index in [1.54, 1.807) is 7.11 Å². The molecule has 8 heteroatoms. The third-order valence-electron chi connectivity index (χ3n) is 5.26. The van der Waals surface area contributed by atoms with Gasteiger partial charge in [0.2, 0.25) is 0 Å². The molecule has 2 aromatic rings. The molecule has 2 aliphatic rings. The van der Waals surface area contributed by atoms with Gasteiger partial charge in [-0.05, 0) is 49.6 Å². The average Bonchev–Trinajstić information content (AvgIpc) is 2.78. The van der Waals surface area contributed by atoms with E-state index < -0.39 is 17.8 Å². The molecular formula is C22H22N4O4. The van der Waals surface area contributed by atoms with Gasteiger partial charge in [0.1, 0.15) is 11.3 Å². The minimum Gasteiger partial charge on any atom is -0.496 e. The molecule has 0 atom stereocenters. The molecule has 2 saturated heterocycles. The second-order valence-corrected chi connectivity index (χ2v) is 7.14. The van der Waals surface area contributed by atoms with Crippen LogP contribution >= 0.6 is 0 Å². The van der Waals surface area contributed by atoms with E-state index in [9.17, 15) is 14.4 Å². The number of nitrogens with zero attached hydrogens (tertiary/aromatic N) is 3. The van der Waals surface area contributed by atoms with Gasteiger partial charge in [-0.2, -0.15) is 0 Å². The first kappa shape index (κ1) is 19.6. The maximum Gasteiger partial charge on any atom is 0.335 e. The number of imide groups is 2. The third-order valence-corrected chi connectivity index (χ3v) is 5.26. The van der Waals surface area contributed by atoms with Crippen molar-refractivity contribution in [1.29, 1.82) is 0 Å². The number of carbonyl (C=O) groups is 3. The van der Waals surface area contributed by atoms with Crippen LogP contribution in [-0.2, 0) is 9.59 Å². The predicted octanol–water partition coefficient (Wildman–Crippen LogP) is 2.75. The monoisotopic (exact) mass is 406 g/mol. The maximum atomic E-state index is 13.0. The van der Waals surface area contributed by atoms with Crippen LogP contribution < -0.4 is 19.9 Å². The van der Waals surface area contributed by atoms with Crippen LogP contribution in [0.5, 0.6) is 5.75 Å². The van der Waals surface area contributed by atoms with Gasteiger partial charge in [-0.25, -0.2) is 9.69 Å². The fraction of sp³-hybridized carbons (Fsp3) is 0.273. The van der Waals surface area contributed by atoms with Crippen LogP contribution in [0.25, 0.3) is 6.08 Å². The summed E-state index contributed by atoms with van der Waals surface area (Å²) in [6, 6.07) is 7.95. The van der Waals surface area contributed by atoms with Crippen molar-refractivity contribution in [2.75, 3.05) is 30.0 Å². The van der Waals surface area contributed by atoms with Crippen molar-refractivity contribution in [2.45, 2.75) is 19.3 Å². The third kappa shape index (κ3) is 3.76. The summed E-state index contributed by atoms with van der Waals surface area (Å²) in [5.41, 5.74) is 1.82. The number of aromatic nitrogens is 1. The Hall–Kier alpha value is -3.68. The molecule has 4 amide bonds. The van der Waals surface area contributed by atoms with E-state index in [0.29, 0.717) is 17.0 Å². The van der Waals surface area contributed by atoms with Crippen molar-refractivity contribution in [3.05, 3.63) is 53.9 Å². The number of piperidine rings is 1. The molecule has 4 rings (SSSR count). The van der Waals surface area contributed by atoms with Gasteiger partial charge in [-0.1, -0.05) is 0 Å².